The molecule has 0 saturated carbocycles. The lowest BCUT2D eigenvalue weighted by molar-refractivity contribution is 0.0587. The van der Waals surface area contributed by atoms with Crippen LogP contribution in [0.1, 0.15) is 31.4 Å². The van der Waals surface area contributed by atoms with E-state index in [1.165, 1.54) is 11.3 Å². The minimum atomic E-state index is -0.0564. The van der Waals surface area contributed by atoms with E-state index in [2.05, 4.69) is 10.3 Å². The average molecular weight is 332 g/mol. The normalized spacial score (nSPS) is 17.9. The molecule has 0 aliphatic carbocycles. The molecule has 1 atom stereocenters. The van der Waals surface area contributed by atoms with E-state index in [-0.39, 0.29) is 11.6 Å². The van der Waals surface area contributed by atoms with Crippen LogP contribution in [-0.2, 0) is 4.74 Å². The number of pyridine rings is 1. The number of nitrogens with zero attached hydrogens (tertiary/aromatic N) is 2. The van der Waals surface area contributed by atoms with Crippen molar-refractivity contribution in [2.75, 3.05) is 25.6 Å². The van der Waals surface area contributed by atoms with Crippen LogP contribution in [0.15, 0.2) is 22.6 Å². The number of ether oxygens (including phenoxy) is 1. The number of anilines is 1. The fourth-order valence-corrected chi connectivity index (χ4v) is 3.61. The van der Waals surface area contributed by atoms with Crippen LogP contribution >= 0.6 is 11.3 Å². The van der Waals surface area contributed by atoms with Crippen molar-refractivity contribution in [2.45, 2.75) is 25.8 Å². The Balaban J connectivity index is 2.26. The molecule has 2 aromatic heterocycles. The Hall–Kier alpha value is -1.99. The van der Waals surface area contributed by atoms with Crippen LogP contribution in [0.2, 0.25) is 0 Å². The highest BCUT2D eigenvalue weighted by Gasteiger charge is 2.24. The van der Waals surface area contributed by atoms with Gasteiger partial charge in [-0.2, -0.15) is 0 Å². The van der Waals surface area contributed by atoms with Gasteiger partial charge in [-0.25, -0.2) is 0 Å². The van der Waals surface area contributed by atoms with Crippen molar-refractivity contribution in [2.24, 2.45) is 0 Å². The maximum absolute atomic E-state index is 13.1. The quantitative estimate of drug-likeness (QED) is 0.844. The first-order chi connectivity index (χ1) is 11.1. The summed E-state index contributed by atoms with van der Waals surface area (Å²) in [5.41, 5.74) is 3.41. The Kier molecular flexibility index (Phi) is 4.58. The number of rotatable bonds is 4. The van der Waals surface area contributed by atoms with Crippen molar-refractivity contribution in [1.29, 1.82) is 5.41 Å². The fraction of sp³-hybridized carbons (Fsp3) is 0.438. The van der Waals surface area contributed by atoms with Gasteiger partial charge < -0.3 is 15.5 Å². The number of nitrogens with one attached hydrogen (secondary N) is 2. The molecule has 1 saturated heterocycles. The molecule has 7 heteroatoms. The van der Waals surface area contributed by atoms with E-state index in [1.54, 1.807) is 36.3 Å². The molecular weight excluding hydrogens is 312 g/mol. The van der Waals surface area contributed by atoms with E-state index in [0.29, 0.717) is 23.7 Å². The zero-order valence-electron chi connectivity index (χ0n) is 13.3. The molecule has 6 nitrogen and oxygen atoms in total. The van der Waals surface area contributed by atoms with Gasteiger partial charge in [-0.3, -0.25) is 14.3 Å². The summed E-state index contributed by atoms with van der Waals surface area (Å²) in [6.07, 6.45) is 3.53. The highest BCUT2D eigenvalue weighted by Crippen LogP contribution is 2.29. The minimum absolute atomic E-state index is 0.00956. The second kappa shape index (κ2) is 6.64. The summed E-state index contributed by atoms with van der Waals surface area (Å²) >= 11 is 1.43. The van der Waals surface area contributed by atoms with Crippen LogP contribution < -0.4 is 10.9 Å². The lowest BCUT2D eigenvalue weighted by Crippen LogP contribution is -2.34. The maximum atomic E-state index is 13.1. The first kappa shape index (κ1) is 15.9. The second-order valence-electron chi connectivity index (χ2n) is 5.61. The predicted molar refractivity (Wildman–Crippen MR) is 92.9 cm³/mol. The Morgan fingerprint density at radius 3 is 2.96 bits per heavy atom. The molecule has 1 fully saturated rings. The molecule has 0 amide bonds. The first-order valence-corrected chi connectivity index (χ1v) is 8.51. The van der Waals surface area contributed by atoms with E-state index in [0.717, 1.165) is 29.9 Å². The molecule has 2 aromatic rings. The number of thiazole rings is 1. The summed E-state index contributed by atoms with van der Waals surface area (Å²) in [6.45, 7) is 3.00. The number of hydrogen-bond donors (Lipinski definition) is 2. The summed E-state index contributed by atoms with van der Waals surface area (Å²) in [4.78, 5) is 18.0. The van der Waals surface area contributed by atoms with Crippen molar-refractivity contribution in [3.05, 3.63) is 33.7 Å². The topological polar surface area (TPSA) is 80.0 Å². The summed E-state index contributed by atoms with van der Waals surface area (Å²) in [5, 5.41) is 11.2. The smallest absolute Gasteiger partial charge is 0.261 e. The standard InChI is InChI=1S/C16H20N4O2S/c1-10(17)12-6-13(14-7-19-9-23-14)16(21)20(15(12)18-2)11-4-3-5-22-8-11/h6-7,9,11,17-18H,3-5,8H2,1-2H3. The third-order valence-electron chi connectivity index (χ3n) is 4.07. The van der Waals surface area contributed by atoms with Gasteiger partial charge >= 0.3 is 0 Å². The fourth-order valence-electron chi connectivity index (χ4n) is 2.98. The lowest BCUT2D eigenvalue weighted by Gasteiger charge is -2.28. The highest BCUT2D eigenvalue weighted by molar-refractivity contribution is 7.13. The first-order valence-electron chi connectivity index (χ1n) is 7.63. The molecule has 0 aromatic carbocycles. The number of aromatic nitrogens is 2. The van der Waals surface area contributed by atoms with Gasteiger partial charge in [0.1, 0.15) is 5.82 Å². The van der Waals surface area contributed by atoms with E-state index >= 15 is 0 Å². The van der Waals surface area contributed by atoms with E-state index in [4.69, 9.17) is 10.1 Å². The minimum Gasteiger partial charge on any atom is -0.379 e. The van der Waals surface area contributed by atoms with Crippen LogP contribution in [0.25, 0.3) is 10.4 Å². The van der Waals surface area contributed by atoms with Gasteiger partial charge in [-0.05, 0) is 25.8 Å². The van der Waals surface area contributed by atoms with E-state index < -0.39 is 0 Å². The molecule has 3 rings (SSSR count). The van der Waals surface area contributed by atoms with Gasteiger partial charge in [0.25, 0.3) is 5.56 Å². The summed E-state index contributed by atoms with van der Waals surface area (Å²) < 4.78 is 7.34. The zero-order chi connectivity index (χ0) is 16.4. The van der Waals surface area contributed by atoms with Crippen molar-refractivity contribution in [1.82, 2.24) is 9.55 Å². The molecular formula is C16H20N4O2S. The molecule has 0 spiro atoms. The van der Waals surface area contributed by atoms with Crippen molar-refractivity contribution < 1.29 is 4.74 Å². The summed E-state index contributed by atoms with van der Waals surface area (Å²) in [6, 6.07) is 1.79. The highest BCUT2D eigenvalue weighted by atomic mass is 32.1. The molecule has 1 unspecified atom stereocenters. The largest absolute Gasteiger partial charge is 0.379 e. The molecule has 122 valence electrons. The maximum Gasteiger partial charge on any atom is 0.261 e. The molecule has 3 heterocycles. The summed E-state index contributed by atoms with van der Waals surface area (Å²) in [5.74, 6) is 0.686. The SMILES string of the molecule is CNc1c(C(C)=N)cc(-c2cncs2)c(=O)n1C1CCCOC1. The Morgan fingerprint density at radius 2 is 2.39 bits per heavy atom. The third-order valence-corrected chi connectivity index (χ3v) is 4.88. The van der Waals surface area contributed by atoms with Crippen LogP contribution in [0.3, 0.4) is 0 Å². The van der Waals surface area contributed by atoms with Gasteiger partial charge in [-0.1, -0.05) is 0 Å². The molecule has 1 aliphatic heterocycles. The molecule has 1 aliphatic rings. The van der Waals surface area contributed by atoms with E-state index in [9.17, 15) is 4.79 Å². The van der Waals surface area contributed by atoms with Crippen LogP contribution in [0, 0.1) is 5.41 Å². The van der Waals surface area contributed by atoms with Gasteiger partial charge in [-0.15, -0.1) is 11.3 Å². The number of hydrogen-bond acceptors (Lipinski definition) is 6. The second-order valence-corrected chi connectivity index (χ2v) is 6.49. The Bertz CT molecular complexity index is 761. The third kappa shape index (κ3) is 2.94. The molecule has 23 heavy (non-hydrogen) atoms. The van der Waals surface area contributed by atoms with Gasteiger partial charge in [0.05, 0.1) is 28.6 Å². The van der Waals surface area contributed by atoms with Crippen molar-refractivity contribution in [3.8, 4) is 10.4 Å². The Labute approximate surface area is 138 Å². The van der Waals surface area contributed by atoms with Crippen molar-refractivity contribution in [3.63, 3.8) is 0 Å². The van der Waals surface area contributed by atoms with Gasteiger partial charge in [0, 0.05) is 31.1 Å². The van der Waals surface area contributed by atoms with Crippen LogP contribution in [0.4, 0.5) is 5.82 Å². The lowest BCUT2D eigenvalue weighted by atomic mass is 10.0. The summed E-state index contributed by atoms with van der Waals surface area (Å²) in [7, 11) is 1.79. The Morgan fingerprint density at radius 1 is 1.57 bits per heavy atom. The van der Waals surface area contributed by atoms with E-state index in [1.807, 2.05) is 0 Å². The van der Waals surface area contributed by atoms with Gasteiger partial charge in [0.15, 0.2) is 0 Å². The molecule has 0 radical (unpaired) electrons. The average Bonchev–Trinajstić information content (AvgIpc) is 3.09. The van der Waals surface area contributed by atoms with Crippen molar-refractivity contribution >= 4 is 22.9 Å². The molecule has 2 N–H and O–H groups in total. The van der Waals surface area contributed by atoms with Crippen LogP contribution in [0.5, 0.6) is 0 Å². The van der Waals surface area contributed by atoms with Crippen LogP contribution in [-0.4, -0.2) is 35.5 Å². The monoisotopic (exact) mass is 332 g/mol. The zero-order valence-corrected chi connectivity index (χ0v) is 14.1. The predicted octanol–water partition coefficient (Wildman–Crippen LogP) is 2.75. The molecule has 0 bridgehead atoms. The van der Waals surface area contributed by atoms with Gasteiger partial charge in [0.2, 0.25) is 0 Å².